The van der Waals surface area contributed by atoms with Crippen LogP contribution in [-0.2, 0) is 10.0 Å². The van der Waals surface area contributed by atoms with Crippen LogP contribution in [-0.4, -0.2) is 24.8 Å². The van der Waals surface area contributed by atoms with Crippen LogP contribution in [0.4, 0.5) is 17.1 Å². The highest BCUT2D eigenvalue weighted by atomic mass is 32.2. The van der Waals surface area contributed by atoms with Gasteiger partial charge in [0.15, 0.2) is 0 Å². The first-order valence-corrected chi connectivity index (χ1v) is 10.4. The van der Waals surface area contributed by atoms with Crippen LogP contribution in [0, 0.1) is 27.2 Å². The first-order valence-electron chi connectivity index (χ1n) is 8.99. The fraction of sp³-hybridized carbons (Fsp3) is 0.100. The minimum Gasteiger partial charge on any atom is -0.465 e. The predicted octanol–water partition coefficient (Wildman–Crippen LogP) is 4.15. The summed E-state index contributed by atoms with van der Waals surface area (Å²) in [5.74, 6) is 0.364. The number of non-ortho nitro benzene ring substituents is 1. The Morgan fingerprint density at radius 2 is 1.77 bits per heavy atom. The monoisotopic (exact) mass is 441 g/mol. The average Bonchev–Trinajstić information content (AvgIpc) is 3.36. The van der Waals surface area contributed by atoms with E-state index < -0.39 is 31.2 Å². The number of anilines is 1. The number of nitro groups is 2. The van der Waals surface area contributed by atoms with E-state index in [1.165, 1.54) is 24.5 Å². The van der Waals surface area contributed by atoms with E-state index in [1.54, 1.807) is 31.2 Å². The molecule has 11 heteroatoms. The van der Waals surface area contributed by atoms with E-state index in [1.807, 2.05) is 0 Å². The molecule has 10 nitrogen and oxygen atoms in total. The number of aryl methyl sites for hydroxylation is 1. The van der Waals surface area contributed by atoms with E-state index in [9.17, 15) is 28.6 Å². The molecule has 1 aliphatic heterocycles. The van der Waals surface area contributed by atoms with Gasteiger partial charge in [0.25, 0.3) is 21.4 Å². The predicted molar refractivity (Wildman–Crippen MR) is 112 cm³/mol. The zero-order valence-corrected chi connectivity index (χ0v) is 16.9. The summed E-state index contributed by atoms with van der Waals surface area (Å²) in [4.78, 5) is 21.5. The van der Waals surface area contributed by atoms with E-state index in [-0.39, 0.29) is 22.7 Å². The molecule has 0 fully saturated rings. The molecule has 2 aromatic carbocycles. The summed E-state index contributed by atoms with van der Waals surface area (Å²) in [7, 11) is -4.15. The van der Waals surface area contributed by atoms with E-state index in [0.29, 0.717) is 11.3 Å². The van der Waals surface area contributed by atoms with Gasteiger partial charge < -0.3 is 4.42 Å². The number of fused-ring (bicyclic) bond motifs is 1. The summed E-state index contributed by atoms with van der Waals surface area (Å²) in [6.07, 6.45) is 2.90. The number of hydrogen-bond donors (Lipinski definition) is 0. The Morgan fingerprint density at radius 1 is 1.06 bits per heavy atom. The molecule has 0 radical (unpaired) electrons. The molecule has 158 valence electrons. The highest BCUT2D eigenvalue weighted by molar-refractivity contribution is 7.92. The molecule has 0 aliphatic carbocycles. The second-order valence-electron chi connectivity index (χ2n) is 6.88. The number of benzene rings is 2. The van der Waals surface area contributed by atoms with Gasteiger partial charge in [0.05, 0.1) is 44.9 Å². The van der Waals surface area contributed by atoms with Gasteiger partial charge in [-0.15, -0.1) is 0 Å². The largest absolute Gasteiger partial charge is 0.465 e. The van der Waals surface area contributed by atoms with Crippen LogP contribution in [0.25, 0.3) is 11.6 Å². The topological polar surface area (TPSA) is 137 Å². The van der Waals surface area contributed by atoms with Crippen molar-refractivity contribution in [3.8, 4) is 0 Å². The van der Waals surface area contributed by atoms with Crippen LogP contribution in [0.1, 0.15) is 16.9 Å². The molecule has 4 rings (SSSR count). The number of rotatable bonds is 5. The molecule has 2 heterocycles. The normalized spacial score (nSPS) is 14.6. The first-order chi connectivity index (χ1) is 14.7. The second kappa shape index (κ2) is 7.36. The van der Waals surface area contributed by atoms with Crippen LogP contribution < -0.4 is 4.31 Å². The Balaban J connectivity index is 1.97. The number of nitro benzene ring substituents is 2. The molecule has 0 atom stereocenters. The molecule has 0 spiro atoms. The number of furan rings is 1. The highest BCUT2D eigenvalue weighted by Gasteiger charge is 2.40. The first kappa shape index (κ1) is 20.3. The zero-order chi connectivity index (χ0) is 22.3. The minimum absolute atomic E-state index is 0.00249. The lowest BCUT2D eigenvalue weighted by Gasteiger charge is -2.19. The van der Waals surface area contributed by atoms with Gasteiger partial charge in [-0.1, -0.05) is 17.7 Å². The van der Waals surface area contributed by atoms with E-state index in [4.69, 9.17) is 4.42 Å². The Labute approximate surface area is 176 Å². The van der Waals surface area contributed by atoms with E-state index in [0.717, 1.165) is 22.0 Å². The van der Waals surface area contributed by atoms with Crippen LogP contribution in [0.5, 0.6) is 0 Å². The lowest BCUT2D eigenvalue weighted by molar-refractivity contribution is -0.394. The second-order valence-corrected chi connectivity index (χ2v) is 8.75. The molecule has 0 saturated heterocycles. The van der Waals surface area contributed by atoms with Gasteiger partial charge in [-0.2, -0.15) is 0 Å². The van der Waals surface area contributed by atoms with Crippen molar-refractivity contribution in [3.05, 3.63) is 91.9 Å². The maximum Gasteiger partial charge on any atom is 0.285 e. The number of nitrogens with zero attached hydrogens (tertiary/aromatic N) is 3. The summed E-state index contributed by atoms with van der Waals surface area (Å²) in [6.45, 7) is 1.56. The molecular formula is C20H15N3O7S. The summed E-state index contributed by atoms with van der Waals surface area (Å²) < 4.78 is 32.9. The molecule has 3 aromatic rings. The highest BCUT2D eigenvalue weighted by Crippen LogP contribution is 2.46. The third-order valence-corrected chi connectivity index (χ3v) is 6.64. The summed E-state index contributed by atoms with van der Waals surface area (Å²) in [5.41, 5.74) is -0.105. The molecule has 0 saturated carbocycles. The summed E-state index contributed by atoms with van der Waals surface area (Å²) in [6, 6.07) is 11.2. The van der Waals surface area contributed by atoms with Gasteiger partial charge in [0, 0.05) is 6.07 Å². The Hall–Kier alpha value is -3.99. The van der Waals surface area contributed by atoms with Crippen molar-refractivity contribution in [3.63, 3.8) is 0 Å². The Kier molecular flexibility index (Phi) is 4.82. The van der Waals surface area contributed by atoms with Crippen LogP contribution >= 0.6 is 0 Å². The zero-order valence-electron chi connectivity index (χ0n) is 16.1. The van der Waals surface area contributed by atoms with Crippen LogP contribution in [0.15, 0.2) is 64.1 Å². The van der Waals surface area contributed by atoms with Crippen molar-refractivity contribution in [2.75, 3.05) is 10.8 Å². The van der Waals surface area contributed by atoms with Crippen molar-refractivity contribution >= 4 is 38.7 Å². The molecule has 0 unspecified atom stereocenters. The lowest BCUT2D eigenvalue weighted by atomic mass is 10.0. The van der Waals surface area contributed by atoms with Gasteiger partial charge in [-0.25, -0.2) is 8.42 Å². The van der Waals surface area contributed by atoms with Gasteiger partial charge in [-0.3, -0.25) is 24.5 Å². The summed E-state index contributed by atoms with van der Waals surface area (Å²) in [5, 5.41) is 23.1. The Bertz CT molecular complexity index is 1330. The molecule has 0 amide bonds. The standard InChI is InChI=1S/C20H15N3O7S/c1-13-4-6-17(7-5-13)31(28,29)21-12-14(9-16-3-2-8-30-16)20-18(21)10-15(22(24)25)11-19(20)23(26)27/h2-11H,12H2,1H3/b14-9+. The maximum atomic E-state index is 13.4. The van der Waals surface area contributed by atoms with Gasteiger partial charge >= 0.3 is 0 Å². The quantitative estimate of drug-likeness (QED) is 0.428. The third-order valence-electron chi connectivity index (χ3n) is 4.86. The SMILES string of the molecule is Cc1ccc(S(=O)(=O)N2C/C(=C\c3ccco3)c3c2cc([N+](=O)[O-])cc3[N+](=O)[O-])cc1. The fourth-order valence-corrected chi connectivity index (χ4v) is 4.85. The minimum atomic E-state index is -4.15. The molecule has 31 heavy (non-hydrogen) atoms. The van der Waals surface area contributed by atoms with Crippen molar-refractivity contribution in [1.82, 2.24) is 0 Å². The summed E-state index contributed by atoms with van der Waals surface area (Å²) >= 11 is 0. The smallest absolute Gasteiger partial charge is 0.285 e. The van der Waals surface area contributed by atoms with Crippen molar-refractivity contribution in [2.45, 2.75) is 11.8 Å². The van der Waals surface area contributed by atoms with Gasteiger partial charge in [-0.05, 0) is 42.8 Å². The molecule has 1 aliphatic rings. The molecule has 1 aromatic heterocycles. The van der Waals surface area contributed by atoms with E-state index >= 15 is 0 Å². The van der Waals surface area contributed by atoms with Gasteiger partial charge in [0.2, 0.25) is 0 Å². The third kappa shape index (κ3) is 3.55. The van der Waals surface area contributed by atoms with Crippen molar-refractivity contribution in [1.29, 1.82) is 0 Å². The van der Waals surface area contributed by atoms with Crippen molar-refractivity contribution < 1.29 is 22.7 Å². The fourth-order valence-electron chi connectivity index (χ4n) is 3.41. The Morgan fingerprint density at radius 3 is 2.35 bits per heavy atom. The molecular weight excluding hydrogens is 426 g/mol. The molecule has 0 bridgehead atoms. The van der Waals surface area contributed by atoms with Crippen molar-refractivity contribution in [2.24, 2.45) is 0 Å². The maximum absolute atomic E-state index is 13.4. The number of hydrogen-bond acceptors (Lipinski definition) is 7. The number of sulfonamides is 1. The van der Waals surface area contributed by atoms with Crippen LogP contribution in [0.3, 0.4) is 0 Å². The van der Waals surface area contributed by atoms with Crippen LogP contribution in [0.2, 0.25) is 0 Å². The average molecular weight is 441 g/mol. The molecule has 0 N–H and O–H groups in total. The van der Waals surface area contributed by atoms with E-state index in [2.05, 4.69) is 0 Å². The van der Waals surface area contributed by atoms with Gasteiger partial charge in [0.1, 0.15) is 5.76 Å². The lowest BCUT2D eigenvalue weighted by Crippen LogP contribution is -2.29.